The van der Waals surface area contributed by atoms with E-state index < -0.39 is 23.3 Å². The van der Waals surface area contributed by atoms with Crippen molar-refractivity contribution in [3.8, 4) is 22.9 Å². The summed E-state index contributed by atoms with van der Waals surface area (Å²) in [4.78, 5) is 15.2. The predicted octanol–water partition coefficient (Wildman–Crippen LogP) is 7.03. The van der Waals surface area contributed by atoms with Gasteiger partial charge >= 0.3 is 6.18 Å². The van der Waals surface area contributed by atoms with Crippen LogP contribution in [0.3, 0.4) is 0 Å². The number of fused-ring (bicyclic) bond motifs is 1. The number of halogens is 4. The van der Waals surface area contributed by atoms with Crippen LogP contribution in [0.15, 0.2) is 66.9 Å². The first-order chi connectivity index (χ1) is 21.2. The Morgan fingerprint density at radius 3 is 2.32 bits per heavy atom. The summed E-state index contributed by atoms with van der Waals surface area (Å²) in [7, 11) is 3.29. The van der Waals surface area contributed by atoms with Crippen molar-refractivity contribution >= 4 is 23.2 Å². The molecule has 0 radical (unpaired) electrons. The SMILES string of the molecule is COc1cc2c(cc1OC)CN(CCCCOc1ccc(NC(=O)c3cnn(-c4ccc(Cl)cc4)c3C(F)(F)F)cc1)CC2. The standard InChI is InChI=1S/C32H32ClF3N4O4/c1-42-28-17-21-13-15-39(20-22(21)18-29(28)43-2)14-3-4-16-44-26-11-7-24(8-12-26)38-31(41)27-19-37-40(30(27)32(34,35)36)25-9-5-23(33)6-10-25/h5-12,17-19H,3-4,13-16,20H2,1-2H3,(H,38,41). The van der Waals surface area contributed by atoms with E-state index in [0.29, 0.717) is 27.7 Å². The molecule has 0 atom stereocenters. The van der Waals surface area contributed by atoms with Crippen LogP contribution in [-0.2, 0) is 19.1 Å². The summed E-state index contributed by atoms with van der Waals surface area (Å²) in [6.07, 6.45) is -1.15. The first-order valence-corrected chi connectivity index (χ1v) is 14.5. The number of methoxy groups -OCH3 is 2. The smallest absolute Gasteiger partial charge is 0.434 e. The lowest BCUT2D eigenvalue weighted by Crippen LogP contribution is -2.31. The molecule has 0 saturated heterocycles. The maximum Gasteiger partial charge on any atom is 0.434 e. The van der Waals surface area contributed by atoms with Crippen LogP contribution in [0.2, 0.25) is 5.02 Å². The monoisotopic (exact) mass is 628 g/mol. The van der Waals surface area contributed by atoms with Gasteiger partial charge in [-0.3, -0.25) is 9.69 Å². The number of anilines is 1. The summed E-state index contributed by atoms with van der Waals surface area (Å²) in [5.41, 5.74) is 1.23. The van der Waals surface area contributed by atoms with Gasteiger partial charge < -0.3 is 19.5 Å². The van der Waals surface area contributed by atoms with Gasteiger partial charge in [-0.05, 0) is 97.6 Å². The molecule has 0 saturated carbocycles. The summed E-state index contributed by atoms with van der Waals surface area (Å²) < 4.78 is 59.3. The quantitative estimate of drug-likeness (QED) is 0.180. The van der Waals surface area contributed by atoms with Gasteiger partial charge in [-0.15, -0.1) is 0 Å². The Bertz CT molecular complexity index is 1590. The Kier molecular flexibility index (Phi) is 9.65. The fraction of sp³-hybridized carbons (Fsp3) is 0.312. The molecule has 0 spiro atoms. The van der Waals surface area contributed by atoms with Gasteiger partial charge in [0.2, 0.25) is 0 Å². The zero-order valence-corrected chi connectivity index (χ0v) is 25.0. The van der Waals surface area contributed by atoms with Crippen molar-refractivity contribution in [3.63, 3.8) is 0 Å². The molecule has 12 heteroatoms. The number of nitrogens with one attached hydrogen (secondary N) is 1. The van der Waals surface area contributed by atoms with Crippen LogP contribution < -0.4 is 19.5 Å². The minimum atomic E-state index is -4.82. The summed E-state index contributed by atoms with van der Waals surface area (Å²) in [5, 5.41) is 6.71. The van der Waals surface area contributed by atoms with Crippen molar-refractivity contribution in [3.05, 3.63) is 94.3 Å². The number of carbonyl (C=O) groups excluding carboxylic acids is 1. The number of amides is 1. The summed E-state index contributed by atoms with van der Waals surface area (Å²) in [5.74, 6) is 1.17. The highest BCUT2D eigenvalue weighted by atomic mass is 35.5. The maximum absolute atomic E-state index is 14.0. The van der Waals surface area contributed by atoms with Gasteiger partial charge in [0.15, 0.2) is 17.2 Å². The van der Waals surface area contributed by atoms with Crippen molar-refractivity contribution in [2.75, 3.05) is 39.2 Å². The topological polar surface area (TPSA) is 77.8 Å². The molecule has 0 fully saturated rings. The minimum absolute atomic E-state index is 0.130. The van der Waals surface area contributed by atoms with Gasteiger partial charge in [-0.2, -0.15) is 18.3 Å². The summed E-state index contributed by atoms with van der Waals surface area (Å²) in [6.45, 7) is 3.29. The molecule has 4 aromatic rings. The summed E-state index contributed by atoms with van der Waals surface area (Å²) >= 11 is 5.85. The van der Waals surface area contributed by atoms with Crippen LogP contribution in [-0.4, -0.2) is 54.5 Å². The average molecular weight is 629 g/mol. The van der Waals surface area contributed by atoms with E-state index in [1.807, 2.05) is 0 Å². The number of nitrogens with zero attached hydrogens (tertiary/aromatic N) is 3. The van der Waals surface area contributed by atoms with E-state index in [2.05, 4.69) is 27.4 Å². The van der Waals surface area contributed by atoms with Gasteiger partial charge in [0.1, 0.15) is 5.75 Å². The van der Waals surface area contributed by atoms with E-state index >= 15 is 0 Å². The zero-order chi connectivity index (χ0) is 31.3. The molecular formula is C32H32ClF3N4O4. The number of unbranched alkanes of at least 4 members (excludes halogenated alkanes) is 1. The number of benzene rings is 3. The van der Waals surface area contributed by atoms with Gasteiger partial charge in [0.05, 0.1) is 38.3 Å². The first-order valence-electron chi connectivity index (χ1n) is 14.1. The molecule has 44 heavy (non-hydrogen) atoms. The molecule has 1 aliphatic rings. The first kappa shape index (κ1) is 31.2. The second-order valence-corrected chi connectivity index (χ2v) is 10.8. The van der Waals surface area contributed by atoms with E-state index in [-0.39, 0.29) is 5.69 Å². The molecule has 1 aromatic heterocycles. The van der Waals surface area contributed by atoms with Gasteiger partial charge in [-0.1, -0.05) is 11.6 Å². The van der Waals surface area contributed by atoms with Gasteiger partial charge in [-0.25, -0.2) is 4.68 Å². The van der Waals surface area contributed by atoms with Crippen molar-refractivity contribution in [1.29, 1.82) is 0 Å². The third kappa shape index (κ3) is 7.28. The van der Waals surface area contributed by atoms with Crippen molar-refractivity contribution in [2.45, 2.75) is 32.0 Å². The summed E-state index contributed by atoms with van der Waals surface area (Å²) in [6, 6.07) is 16.3. The number of alkyl halides is 3. The Balaban J connectivity index is 1.10. The highest BCUT2D eigenvalue weighted by molar-refractivity contribution is 6.30. The van der Waals surface area contributed by atoms with E-state index in [9.17, 15) is 18.0 Å². The van der Waals surface area contributed by atoms with Crippen LogP contribution in [0.4, 0.5) is 18.9 Å². The molecule has 1 aliphatic heterocycles. The molecule has 232 valence electrons. The number of aromatic nitrogens is 2. The predicted molar refractivity (Wildman–Crippen MR) is 161 cm³/mol. The number of hydrogen-bond acceptors (Lipinski definition) is 6. The number of carbonyl (C=O) groups is 1. The zero-order valence-electron chi connectivity index (χ0n) is 24.3. The largest absolute Gasteiger partial charge is 0.494 e. The van der Waals surface area contributed by atoms with E-state index in [1.54, 1.807) is 38.5 Å². The lowest BCUT2D eigenvalue weighted by atomic mass is 9.98. The van der Waals surface area contributed by atoms with Gasteiger partial charge in [0.25, 0.3) is 5.91 Å². The van der Waals surface area contributed by atoms with Crippen molar-refractivity contribution in [1.82, 2.24) is 14.7 Å². The molecular weight excluding hydrogens is 597 g/mol. The average Bonchev–Trinajstić information content (AvgIpc) is 3.48. The van der Waals surface area contributed by atoms with Crippen molar-refractivity contribution < 1.29 is 32.2 Å². The van der Waals surface area contributed by atoms with Crippen molar-refractivity contribution in [2.24, 2.45) is 0 Å². The molecule has 8 nitrogen and oxygen atoms in total. The Morgan fingerprint density at radius 1 is 0.977 bits per heavy atom. The molecule has 1 N–H and O–H groups in total. The second-order valence-electron chi connectivity index (χ2n) is 10.3. The molecule has 2 heterocycles. The van der Waals surface area contributed by atoms with Crippen LogP contribution in [0, 0.1) is 0 Å². The maximum atomic E-state index is 14.0. The highest BCUT2D eigenvalue weighted by Crippen LogP contribution is 2.35. The third-order valence-electron chi connectivity index (χ3n) is 7.40. The molecule has 0 unspecified atom stereocenters. The Morgan fingerprint density at radius 2 is 1.66 bits per heavy atom. The molecule has 3 aromatic carbocycles. The number of hydrogen-bond donors (Lipinski definition) is 1. The highest BCUT2D eigenvalue weighted by Gasteiger charge is 2.40. The third-order valence-corrected chi connectivity index (χ3v) is 7.65. The molecule has 0 aliphatic carbocycles. The fourth-order valence-electron chi connectivity index (χ4n) is 5.16. The van der Waals surface area contributed by atoms with Crippen LogP contribution >= 0.6 is 11.6 Å². The van der Waals surface area contributed by atoms with Gasteiger partial charge in [0, 0.05) is 23.8 Å². The van der Waals surface area contributed by atoms with Crippen LogP contribution in [0.1, 0.15) is 40.0 Å². The number of ether oxygens (including phenoxy) is 3. The van der Waals surface area contributed by atoms with E-state index in [4.69, 9.17) is 25.8 Å². The lowest BCUT2D eigenvalue weighted by Gasteiger charge is -2.29. The normalized spacial score (nSPS) is 13.3. The van der Waals surface area contributed by atoms with E-state index in [0.717, 1.165) is 56.6 Å². The fourth-order valence-corrected chi connectivity index (χ4v) is 5.28. The number of rotatable bonds is 11. The van der Waals surface area contributed by atoms with E-state index in [1.165, 1.54) is 35.4 Å². The Hall–Kier alpha value is -4.22. The lowest BCUT2D eigenvalue weighted by molar-refractivity contribution is -0.143. The Labute approximate surface area is 258 Å². The second kappa shape index (κ2) is 13.6. The van der Waals surface area contributed by atoms with Crippen LogP contribution in [0.5, 0.6) is 17.2 Å². The molecule has 5 rings (SSSR count). The molecule has 0 bridgehead atoms. The van der Waals surface area contributed by atoms with Crippen LogP contribution in [0.25, 0.3) is 5.69 Å². The minimum Gasteiger partial charge on any atom is -0.494 e. The molecule has 1 amide bonds.